The monoisotopic (exact) mass is 224 g/mol. The van der Waals surface area contributed by atoms with Crippen molar-refractivity contribution >= 4 is 5.97 Å². The Morgan fingerprint density at radius 2 is 2.25 bits per heavy atom. The van der Waals surface area contributed by atoms with E-state index < -0.39 is 17.2 Å². The third-order valence-electron chi connectivity index (χ3n) is 2.93. The number of benzene rings is 1. The Kier molecular flexibility index (Phi) is 2.58. The average Bonchev–Trinajstić information content (AvgIpc) is 2.99. The maximum absolute atomic E-state index is 13.7. The van der Waals surface area contributed by atoms with E-state index in [2.05, 4.69) is 0 Å². The summed E-state index contributed by atoms with van der Waals surface area (Å²) in [5.74, 6) is -1.01. The summed E-state index contributed by atoms with van der Waals surface area (Å²) in [4.78, 5) is 11.0. The second kappa shape index (κ2) is 3.77. The molecule has 1 fully saturated rings. The van der Waals surface area contributed by atoms with E-state index in [0.29, 0.717) is 25.2 Å². The van der Waals surface area contributed by atoms with Gasteiger partial charge in [0.15, 0.2) is 0 Å². The smallest absolute Gasteiger partial charge is 0.314 e. The van der Waals surface area contributed by atoms with Gasteiger partial charge in [-0.25, -0.2) is 4.39 Å². The zero-order valence-electron chi connectivity index (χ0n) is 9.00. The van der Waals surface area contributed by atoms with Gasteiger partial charge in [-0.15, -0.1) is 0 Å². The standard InChI is InChI=1S/C12H13FO3/c1-2-16-8-3-4-9(10(13)7-8)12(5-6-12)11(14)15/h3-4,7H,2,5-6H2,1H3,(H,14,15). The fourth-order valence-corrected chi connectivity index (χ4v) is 1.86. The number of hydrogen-bond acceptors (Lipinski definition) is 2. The second-order valence-corrected chi connectivity index (χ2v) is 3.96. The van der Waals surface area contributed by atoms with Crippen molar-refractivity contribution in [1.82, 2.24) is 0 Å². The lowest BCUT2D eigenvalue weighted by atomic mass is 9.95. The van der Waals surface area contributed by atoms with Crippen molar-refractivity contribution in [3.63, 3.8) is 0 Å². The number of rotatable bonds is 4. The molecule has 0 radical (unpaired) electrons. The topological polar surface area (TPSA) is 46.5 Å². The normalized spacial score (nSPS) is 16.9. The van der Waals surface area contributed by atoms with Gasteiger partial charge in [0.05, 0.1) is 12.0 Å². The second-order valence-electron chi connectivity index (χ2n) is 3.96. The van der Waals surface area contributed by atoms with Crippen LogP contribution in [0.15, 0.2) is 18.2 Å². The fourth-order valence-electron chi connectivity index (χ4n) is 1.86. The molecule has 0 aliphatic heterocycles. The molecule has 4 heteroatoms. The molecule has 0 bridgehead atoms. The molecule has 1 aliphatic rings. The quantitative estimate of drug-likeness (QED) is 0.853. The third kappa shape index (κ3) is 1.64. The Morgan fingerprint density at radius 3 is 2.69 bits per heavy atom. The SMILES string of the molecule is CCOc1ccc(C2(C(=O)O)CC2)c(F)c1. The summed E-state index contributed by atoms with van der Waals surface area (Å²) >= 11 is 0. The highest BCUT2D eigenvalue weighted by Crippen LogP contribution is 2.49. The van der Waals surface area contributed by atoms with Crippen LogP contribution in [0.2, 0.25) is 0 Å². The van der Waals surface area contributed by atoms with Crippen LogP contribution in [0.1, 0.15) is 25.3 Å². The number of halogens is 1. The summed E-state index contributed by atoms with van der Waals surface area (Å²) in [6.45, 7) is 2.27. The summed E-state index contributed by atoms with van der Waals surface area (Å²) in [6.07, 6.45) is 1.01. The van der Waals surface area contributed by atoms with Crippen LogP contribution in [-0.4, -0.2) is 17.7 Å². The number of aliphatic carboxylic acids is 1. The minimum absolute atomic E-state index is 0.267. The zero-order chi connectivity index (χ0) is 11.8. The van der Waals surface area contributed by atoms with E-state index in [9.17, 15) is 9.18 Å². The predicted octanol–water partition coefficient (Wildman–Crippen LogP) is 2.34. The molecule has 0 saturated heterocycles. The predicted molar refractivity (Wildman–Crippen MR) is 56.1 cm³/mol. The van der Waals surface area contributed by atoms with Gasteiger partial charge in [-0.05, 0) is 25.8 Å². The van der Waals surface area contributed by atoms with E-state index in [-0.39, 0.29) is 5.56 Å². The molecular formula is C12H13FO3. The highest BCUT2D eigenvalue weighted by molar-refractivity contribution is 5.85. The Labute approximate surface area is 92.9 Å². The molecule has 1 aromatic carbocycles. The third-order valence-corrected chi connectivity index (χ3v) is 2.93. The number of ether oxygens (including phenoxy) is 1. The van der Waals surface area contributed by atoms with Crippen molar-refractivity contribution in [3.05, 3.63) is 29.6 Å². The number of carboxylic acids is 1. The first-order valence-electron chi connectivity index (χ1n) is 5.26. The Bertz CT molecular complexity index is 424. The highest BCUT2D eigenvalue weighted by Gasteiger charge is 2.53. The first-order chi connectivity index (χ1) is 7.60. The Hall–Kier alpha value is -1.58. The fraction of sp³-hybridized carbons (Fsp3) is 0.417. The maximum atomic E-state index is 13.7. The van der Waals surface area contributed by atoms with E-state index in [0.717, 1.165) is 0 Å². The highest BCUT2D eigenvalue weighted by atomic mass is 19.1. The van der Waals surface area contributed by atoms with Crippen LogP contribution in [0.25, 0.3) is 0 Å². The van der Waals surface area contributed by atoms with Gasteiger partial charge in [0.25, 0.3) is 0 Å². The van der Waals surface area contributed by atoms with E-state index in [1.54, 1.807) is 6.07 Å². The van der Waals surface area contributed by atoms with Gasteiger partial charge in [0.2, 0.25) is 0 Å². The summed E-state index contributed by atoms with van der Waals surface area (Å²) in [5.41, 5.74) is -0.724. The summed E-state index contributed by atoms with van der Waals surface area (Å²) in [7, 11) is 0. The average molecular weight is 224 g/mol. The van der Waals surface area contributed by atoms with Gasteiger partial charge in [0.1, 0.15) is 11.6 Å². The van der Waals surface area contributed by atoms with E-state index in [1.807, 2.05) is 6.92 Å². The molecule has 1 aliphatic carbocycles. The van der Waals surface area contributed by atoms with Crippen LogP contribution in [0.5, 0.6) is 5.75 Å². The van der Waals surface area contributed by atoms with Gasteiger partial charge in [-0.1, -0.05) is 6.07 Å². The largest absolute Gasteiger partial charge is 0.494 e. The first-order valence-corrected chi connectivity index (χ1v) is 5.26. The zero-order valence-corrected chi connectivity index (χ0v) is 9.00. The molecule has 0 spiro atoms. The van der Waals surface area contributed by atoms with Crippen molar-refractivity contribution in [1.29, 1.82) is 0 Å². The molecule has 1 N–H and O–H groups in total. The molecule has 1 saturated carbocycles. The minimum Gasteiger partial charge on any atom is -0.494 e. The number of carboxylic acid groups (broad SMARTS) is 1. The van der Waals surface area contributed by atoms with Crippen molar-refractivity contribution in [3.8, 4) is 5.75 Å². The van der Waals surface area contributed by atoms with E-state index in [4.69, 9.17) is 9.84 Å². The molecule has 0 heterocycles. The van der Waals surface area contributed by atoms with Crippen LogP contribution in [0.4, 0.5) is 4.39 Å². The molecular weight excluding hydrogens is 211 g/mol. The van der Waals surface area contributed by atoms with Gasteiger partial charge < -0.3 is 9.84 Å². The lowest BCUT2D eigenvalue weighted by Crippen LogP contribution is -2.20. The van der Waals surface area contributed by atoms with Crippen LogP contribution < -0.4 is 4.74 Å². The van der Waals surface area contributed by atoms with Crippen molar-refractivity contribution < 1.29 is 19.0 Å². The lowest BCUT2D eigenvalue weighted by molar-refractivity contribution is -0.140. The van der Waals surface area contributed by atoms with E-state index >= 15 is 0 Å². The van der Waals surface area contributed by atoms with Crippen molar-refractivity contribution in [2.45, 2.75) is 25.2 Å². The number of carbonyl (C=O) groups is 1. The summed E-state index contributed by atoms with van der Waals surface area (Å²) in [6, 6.07) is 4.38. The Balaban J connectivity index is 2.33. The lowest BCUT2D eigenvalue weighted by Gasteiger charge is -2.12. The van der Waals surface area contributed by atoms with Crippen LogP contribution in [0, 0.1) is 5.82 Å². The Morgan fingerprint density at radius 1 is 1.56 bits per heavy atom. The molecule has 0 unspecified atom stereocenters. The molecule has 1 aromatic rings. The summed E-state index contributed by atoms with van der Waals surface area (Å²) in [5, 5.41) is 9.06. The van der Waals surface area contributed by atoms with Crippen LogP contribution in [-0.2, 0) is 10.2 Å². The molecule has 0 amide bonds. The minimum atomic E-state index is -0.991. The molecule has 2 rings (SSSR count). The molecule has 0 aromatic heterocycles. The number of hydrogen-bond donors (Lipinski definition) is 1. The molecule has 86 valence electrons. The molecule has 3 nitrogen and oxygen atoms in total. The maximum Gasteiger partial charge on any atom is 0.314 e. The first kappa shape index (κ1) is 10.9. The van der Waals surface area contributed by atoms with Gasteiger partial charge in [0, 0.05) is 11.6 Å². The summed E-state index contributed by atoms with van der Waals surface area (Å²) < 4.78 is 18.9. The van der Waals surface area contributed by atoms with Crippen molar-refractivity contribution in [2.75, 3.05) is 6.61 Å². The van der Waals surface area contributed by atoms with Gasteiger partial charge in [-0.2, -0.15) is 0 Å². The molecule has 0 atom stereocenters. The van der Waals surface area contributed by atoms with Gasteiger partial charge in [-0.3, -0.25) is 4.79 Å². The van der Waals surface area contributed by atoms with Gasteiger partial charge >= 0.3 is 5.97 Å². The van der Waals surface area contributed by atoms with E-state index in [1.165, 1.54) is 12.1 Å². The molecule has 16 heavy (non-hydrogen) atoms. The van der Waals surface area contributed by atoms with Crippen LogP contribution in [0.3, 0.4) is 0 Å². The van der Waals surface area contributed by atoms with Crippen LogP contribution >= 0.6 is 0 Å². The van der Waals surface area contributed by atoms with Crippen molar-refractivity contribution in [2.24, 2.45) is 0 Å².